The van der Waals surface area contributed by atoms with Crippen molar-refractivity contribution in [1.82, 2.24) is 15.1 Å². The van der Waals surface area contributed by atoms with Gasteiger partial charge in [-0.3, -0.25) is 4.90 Å². The van der Waals surface area contributed by atoms with Gasteiger partial charge >= 0.3 is 6.03 Å². The number of carbonyl (C=O) groups is 1. The lowest BCUT2D eigenvalue weighted by Gasteiger charge is -2.45. The lowest BCUT2D eigenvalue weighted by molar-refractivity contribution is 0.0352. The van der Waals surface area contributed by atoms with Crippen molar-refractivity contribution in [3.63, 3.8) is 0 Å². The lowest BCUT2D eigenvalue weighted by atomic mass is 10.1. The standard InChI is InChI=1S/C13H25N3O3/c17-7-5-15(6-8-18)12-9-16(10-12)13(19)14-11-3-1-2-4-11/h11-12,17-18H,1-10H2,(H,14,19). The number of nitrogens with one attached hydrogen (secondary N) is 1. The highest BCUT2D eigenvalue weighted by atomic mass is 16.3. The summed E-state index contributed by atoms with van der Waals surface area (Å²) in [6, 6.07) is 0.669. The fourth-order valence-corrected chi connectivity index (χ4v) is 2.92. The van der Waals surface area contributed by atoms with Gasteiger partial charge in [0.05, 0.1) is 13.2 Å². The Balaban J connectivity index is 1.70. The van der Waals surface area contributed by atoms with Crippen molar-refractivity contribution < 1.29 is 15.0 Å². The van der Waals surface area contributed by atoms with E-state index in [9.17, 15) is 4.79 Å². The van der Waals surface area contributed by atoms with E-state index >= 15 is 0 Å². The molecule has 3 N–H and O–H groups in total. The molecule has 0 aromatic rings. The second kappa shape index (κ2) is 7.07. The summed E-state index contributed by atoms with van der Waals surface area (Å²) in [4.78, 5) is 15.8. The summed E-state index contributed by atoms with van der Waals surface area (Å²) in [7, 11) is 0. The molecule has 0 aromatic carbocycles. The molecule has 0 radical (unpaired) electrons. The Morgan fingerprint density at radius 2 is 1.74 bits per heavy atom. The van der Waals surface area contributed by atoms with Gasteiger partial charge in [0.25, 0.3) is 0 Å². The number of aliphatic hydroxyl groups excluding tert-OH is 2. The van der Waals surface area contributed by atoms with E-state index in [0.29, 0.717) is 32.2 Å². The number of likely N-dealkylation sites (tertiary alicyclic amines) is 1. The van der Waals surface area contributed by atoms with Crippen LogP contribution in [-0.2, 0) is 0 Å². The van der Waals surface area contributed by atoms with E-state index in [1.54, 1.807) is 0 Å². The zero-order chi connectivity index (χ0) is 13.7. The highest BCUT2D eigenvalue weighted by Gasteiger charge is 2.35. The van der Waals surface area contributed by atoms with Crippen LogP contribution in [0.25, 0.3) is 0 Å². The third kappa shape index (κ3) is 3.81. The number of rotatable bonds is 6. The van der Waals surface area contributed by atoms with Crippen molar-refractivity contribution >= 4 is 6.03 Å². The Morgan fingerprint density at radius 1 is 1.16 bits per heavy atom. The first-order chi connectivity index (χ1) is 9.24. The number of amides is 2. The van der Waals surface area contributed by atoms with Crippen LogP contribution in [0.2, 0.25) is 0 Å². The molecule has 1 aliphatic carbocycles. The molecule has 2 aliphatic rings. The van der Waals surface area contributed by atoms with Gasteiger partial charge in [-0.05, 0) is 12.8 Å². The Hall–Kier alpha value is -0.850. The molecular formula is C13H25N3O3. The zero-order valence-electron chi connectivity index (χ0n) is 11.4. The first-order valence-electron chi connectivity index (χ1n) is 7.25. The van der Waals surface area contributed by atoms with Gasteiger partial charge in [-0.25, -0.2) is 4.79 Å². The molecular weight excluding hydrogens is 246 g/mol. The minimum atomic E-state index is 0.0381. The van der Waals surface area contributed by atoms with Crippen LogP contribution in [-0.4, -0.2) is 77.5 Å². The molecule has 0 atom stereocenters. The first kappa shape index (κ1) is 14.6. The average molecular weight is 271 g/mol. The van der Waals surface area contributed by atoms with Crippen LogP contribution in [0.15, 0.2) is 0 Å². The number of carbonyl (C=O) groups excluding carboxylic acids is 1. The molecule has 6 nitrogen and oxygen atoms in total. The van der Waals surface area contributed by atoms with E-state index in [2.05, 4.69) is 5.32 Å². The van der Waals surface area contributed by atoms with E-state index in [1.165, 1.54) is 12.8 Å². The number of hydrogen-bond donors (Lipinski definition) is 3. The SMILES string of the molecule is O=C(NC1CCCC1)N1CC(N(CCO)CCO)C1. The topological polar surface area (TPSA) is 76.0 Å². The highest BCUT2D eigenvalue weighted by molar-refractivity contribution is 5.75. The molecule has 1 saturated heterocycles. The number of hydrogen-bond acceptors (Lipinski definition) is 4. The molecule has 6 heteroatoms. The molecule has 1 saturated carbocycles. The minimum Gasteiger partial charge on any atom is -0.395 e. The van der Waals surface area contributed by atoms with Gasteiger partial charge < -0.3 is 20.4 Å². The minimum absolute atomic E-state index is 0.0381. The van der Waals surface area contributed by atoms with E-state index in [-0.39, 0.29) is 25.3 Å². The van der Waals surface area contributed by atoms with Crippen LogP contribution in [0.1, 0.15) is 25.7 Å². The Morgan fingerprint density at radius 3 is 2.26 bits per heavy atom. The van der Waals surface area contributed by atoms with Gasteiger partial charge in [0, 0.05) is 38.3 Å². The monoisotopic (exact) mass is 271 g/mol. The van der Waals surface area contributed by atoms with Crippen molar-refractivity contribution in [3.8, 4) is 0 Å². The number of urea groups is 1. The number of aliphatic hydroxyl groups is 2. The predicted molar refractivity (Wildman–Crippen MR) is 71.9 cm³/mol. The second-order valence-corrected chi connectivity index (χ2v) is 5.47. The maximum atomic E-state index is 12.0. The van der Waals surface area contributed by atoms with Gasteiger partial charge in [0.15, 0.2) is 0 Å². The molecule has 2 amide bonds. The van der Waals surface area contributed by atoms with Crippen LogP contribution in [0, 0.1) is 0 Å². The normalized spacial score (nSPS) is 20.9. The summed E-state index contributed by atoms with van der Waals surface area (Å²) >= 11 is 0. The van der Waals surface area contributed by atoms with E-state index in [4.69, 9.17) is 10.2 Å². The lowest BCUT2D eigenvalue weighted by Crippen LogP contribution is -2.64. The average Bonchev–Trinajstić information content (AvgIpc) is 2.80. The summed E-state index contributed by atoms with van der Waals surface area (Å²) in [6.07, 6.45) is 4.64. The van der Waals surface area contributed by atoms with E-state index < -0.39 is 0 Å². The van der Waals surface area contributed by atoms with Gasteiger partial charge in [-0.15, -0.1) is 0 Å². The van der Waals surface area contributed by atoms with Gasteiger partial charge in [-0.1, -0.05) is 12.8 Å². The van der Waals surface area contributed by atoms with Crippen LogP contribution < -0.4 is 5.32 Å². The van der Waals surface area contributed by atoms with Crippen LogP contribution in [0.3, 0.4) is 0 Å². The van der Waals surface area contributed by atoms with Crippen LogP contribution >= 0.6 is 0 Å². The van der Waals surface area contributed by atoms with Crippen molar-refractivity contribution in [2.45, 2.75) is 37.8 Å². The fourth-order valence-electron chi connectivity index (χ4n) is 2.92. The Bertz CT molecular complexity index is 283. The molecule has 2 fully saturated rings. The van der Waals surface area contributed by atoms with Crippen molar-refractivity contribution in [2.75, 3.05) is 39.4 Å². The van der Waals surface area contributed by atoms with Gasteiger partial charge in [-0.2, -0.15) is 0 Å². The van der Waals surface area contributed by atoms with Crippen molar-refractivity contribution in [2.24, 2.45) is 0 Å². The highest BCUT2D eigenvalue weighted by Crippen LogP contribution is 2.19. The number of nitrogens with zero attached hydrogens (tertiary/aromatic N) is 2. The zero-order valence-corrected chi connectivity index (χ0v) is 11.4. The van der Waals surface area contributed by atoms with Crippen molar-refractivity contribution in [3.05, 3.63) is 0 Å². The molecule has 1 heterocycles. The molecule has 0 aromatic heterocycles. The summed E-state index contributed by atoms with van der Waals surface area (Å²) in [5.41, 5.74) is 0. The summed E-state index contributed by atoms with van der Waals surface area (Å²) < 4.78 is 0. The first-order valence-corrected chi connectivity index (χ1v) is 7.25. The molecule has 2 rings (SSSR count). The molecule has 110 valence electrons. The van der Waals surface area contributed by atoms with Crippen molar-refractivity contribution in [1.29, 1.82) is 0 Å². The maximum Gasteiger partial charge on any atom is 0.317 e. The van der Waals surface area contributed by atoms with Crippen LogP contribution in [0.5, 0.6) is 0 Å². The maximum absolute atomic E-state index is 12.0. The van der Waals surface area contributed by atoms with Gasteiger partial charge in [0.1, 0.15) is 0 Å². The Kier molecular flexibility index (Phi) is 5.42. The predicted octanol–water partition coefficient (Wildman–Crippen LogP) is -0.391. The molecule has 1 aliphatic heterocycles. The largest absolute Gasteiger partial charge is 0.395 e. The summed E-state index contributed by atoms with van der Waals surface area (Å²) in [5, 5.41) is 21.0. The molecule has 0 unspecified atom stereocenters. The molecule has 0 bridgehead atoms. The third-order valence-electron chi connectivity index (χ3n) is 4.12. The van der Waals surface area contributed by atoms with Gasteiger partial charge in [0.2, 0.25) is 0 Å². The summed E-state index contributed by atoms with van der Waals surface area (Å²) in [5.74, 6) is 0. The quantitative estimate of drug-likeness (QED) is 0.615. The fraction of sp³-hybridized carbons (Fsp3) is 0.923. The second-order valence-electron chi connectivity index (χ2n) is 5.47. The Labute approximate surface area is 114 Å². The van der Waals surface area contributed by atoms with E-state index in [0.717, 1.165) is 12.8 Å². The third-order valence-corrected chi connectivity index (χ3v) is 4.12. The summed E-state index contributed by atoms with van der Waals surface area (Å²) in [6.45, 7) is 2.68. The molecule has 19 heavy (non-hydrogen) atoms. The smallest absolute Gasteiger partial charge is 0.317 e. The molecule has 0 spiro atoms. The van der Waals surface area contributed by atoms with Crippen LogP contribution in [0.4, 0.5) is 4.79 Å². The van der Waals surface area contributed by atoms with E-state index in [1.807, 2.05) is 9.80 Å².